The van der Waals surface area contributed by atoms with Crippen LogP contribution in [-0.4, -0.2) is 25.2 Å². The summed E-state index contributed by atoms with van der Waals surface area (Å²) in [6.07, 6.45) is 9.07. The van der Waals surface area contributed by atoms with Crippen molar-refractivity contribution in [3.05, 3.63) is 0 Å². The zero-order valence-corrected chi connectivity index (χ0v) is 15.9. The summed E-state index contributed by atoms with van der Waals surface area (Å²) < 4.78 is 10.4. The van der Waals surface area contributed by atoms with Crippen LogP contribution in [0.2, 0.25) is 0 Å². The van der Waals surface area contributed by atoms with Crippen LogP contribution >= 0.6 is 0 Å². The van der Waals surface area contributed by atoms with Crippen molar-refractivity contribution in [3.63, 3.8) is 0 Å². The third kappa shape index (κ3) is 2.54. The summed E-state index contributed by atoms with van der Waals surface area (Å²) in [7, 11) is 1.35. The minimum absolute atomic E-state index is 0.0745. The number of rotatable bonds is 1. The molecule has 0 heterocycles. The van der Waals surface area contributed by atoms with Crippen LogP contribution in [0.1, 0.15) is 71.6 Å². The molecule has 4 rings (SSSR count). The monoisotopic (exact) mass is 348 g/mol. The van der Waals surface area contributed by atoms with E-state index in [-0.39, 0.29) is 17.3 Å². The summed E-state index contributed by atoms with van der Waals surface area (Å²) in [6.45, 7) is 4.81. The van der Waals surface area contributed by atoms with E-state index in [0.29, 0.717) is 30.1 Å². The number of carbonyl (C=O) groups is 2. The van der Waals surface area contributed by atoms with Gasteiger partial charge in [-0.25, -0.2) is 4.79 Å². The second kappa shape index (κ2) is 5.99. The third-order valence-electron chi connectivity index (χ3n) is 8.73. The van der Waals surface area contributed by atoms with Gasteiger partial charge in [0.1, 0.15) is 11.9 Å². The van der Waals surface area contributed by atoms with E-state index in [1.165, 1.54) is 45.6 Å². The molecule has 0 saturated heterocycles. The fraction of sp³-hybridized carbons (Fsp3) is 0.905. The van der Waals surface area contributed by atoms with Crippen LogP contribution in [0.5, 0.6) is 0 Å². The van der Waals surface area contributed by atoms with Gasteiger partial charge in [-0.15, -0.1) is 0 Å². The van der Waals surface area contributed by atoms with E-state index >= 15 is 0 Å². The van der Waals surface area contributed by atoms with Crippen molar-refractivity contribution in [3.8, 4) is 0 Å². The van der Waals surface area contributed by atoms with Crippen molar-refractivity contribution in [2.45, 2.75) is 77.7 Å². The lowest BCUT2D eigenvalue weighted by molar-refractivity contribution is -0.172. The van der Waals surface area contributed by atoms with E-state index < -0.39 is 6.16 Å². The molecule has 4 nitrogen and oxygen atoms in total. The van der Waals surface area contributed by atoms with Crippen molar-refractivity contribution in [1.82, 2.24) is 0 Å². The fourth-order valence-electron chi connectivity index (χ4n) is 7.40. The first kappa shape index (κ1) is 17.4. The van der Waals surface area contributed by atoms with Crippen LogP contribution in [0.15, 0.2) is 0 Å². The summed E-state index contributed by atoms with van der Waals surface area (Å²) in [5, 5.41) is 0. The van der Waals surface area contributed by atoms with Gasteiger partial charge in [-0.1, -0.05) is 20.3 Å². The Morgan fingerprint density at radius 2 is 1.84 bits per heavy atom. The quantitative estimate of drug-likeness (QED) is 0.642. The van der Waals surface area contributed by atoms with Crippen LogP contribution < -0.4 is 0 Å². The maximum atomic E-state index is 12.3. The predicted molar refractivity (Wildman–Crippen MR) is 94.0 cm³/mol. The average Bonchev–Trinajstić information content (AvgIpc) is 2.97. The van der Waals surface area contributed by atoms with Gasteiger partial charge in [0.05, 0.1) is 7.11 Å². The number of methoxy groups -OCH3 is 1. The van der Waals surface area contributed by atoms with Crippen LogP contribution in [0, 0.1) is 34.5 Å². The molecule has 4 saturated carbocycles. The molecule has 140 valence electrons. The smallest absolute Gasteiger partial charge is 0.438 e. The largest absolute Gasteiger partial charge is 0.508 e. The molecule has 0 bridgehead atoms. The molecule has 1 unspecified atom stereocenters. The molecule has 4 fully saturated rings. The van der Waals surface area contributed by atoms with Crippen molar-refractivity contribution in [1.29, 1.82) is 0 Å². The SMILES string of the molecule is COC(=O)OC1CC(=O)C[C@@H]2CC[C@H]3[C@@H]4CCC[C@@]4(C)CC[C@@H]3[C@@]12C. The molecule has 0 aromatic heterocycles. The number of Topliss-reactive ketones (excluding diaryl/α,β-unsaturated/α-hetero) is 1. The van der Waals surface area contributed by atoms with Gasteiger partial charge in [0.25, 0.3) is 0 Å². The van der Waals surface area contributed by atoms with E-state index in [1.807, 2.05) is 0 Å². The van der Waals surface area contributed by atoms with Gasteiger partial charge in [-0.3, -0.25) is 4.79 Å². The Morgan fingerprint density at radius 1 is 1.04 bits per heavy atom. The van der Waals surface area contributed by atoms with E-state index in [4.69, 9.17) is 9.47 Å². The highest BCUT2D eigenvalue weighted by Gasteiger charge is 2.61. The van der Waals surface area contributed by atoms with Crippen LogP contribution in [0.3, 0.4) is 0 Å². The number of hydrogen-bond donors (Lipinski definition) is 0. The van der Waals surface area contributed by atoms with E-state index in [9.17, 15) is 9.59 Å². The first-order valence-electron chi connectivity index (χ1n) is 10.1. The van der Waals surface area contributed by atoms with Gasteiger partial charge in [0.15, 0.2) is 0 Å². The molecule has 4 aliphatic carbocycles. The Bertz CT molecular complexity index is 572. The lowest BCUT2D eigenvalue weighted by Crippen LogP contribution is -2.59. The summed E-state index contributed by atoms with van der Waals surface area (Å²) in [5.41, 5.74) is 0.447. The molecular formula is C21H32O4. The molecule has 0 aromatic rings. The minimum Gasteiger partial charge on any atom is -0.438 e. The minimum atomic E-state index is -0.636. The van der Waals surface area contributed by atoms with Gasteiger partial charge < -0.3 is 9.47 Å². The van der Waals surface area contributed by atoms with Gasteiger partial charge in [-0.2, -0.15) is 0 Å². The molecular weight excluding hydrogens is 316 g/mol. The van der Waals surface area contributed by atoms with E-state index in [1.54, 1.807) is 0 Å². The summed E-state index contributed by atoms with van der Waals surface area (Å²) >= 11 is 0. The molecule has 0 aliphatic heterocycles. The van der Waals surface area contributed by atoms with Crippen molar-refractivity contribution >= 4 is 11.9 Å². The highest BCUT2D eigenvalue weighted by molar-refractivity contribution is 5.81. The van der Waals surface area contributed by atoms with Crippen LogP contribution in [0.4, 0.5) is 4.79 Å². The molecule has 0 spiro atoms. The Kier molecular flexibility index (Phi) is 4.16. The second-order valence-electron chi connectivity index (χ2n) is 9.61. The normalized spacial score (nSPS) is 48.9. The van der Waals surface area contributed by atoms with Gasteiger partial charge in [0.2, 0.25) is 0 Å². The Hall–Kier alpha value is -1.06. The van der Waals surface area contributed by atoms with Crippen molar-refractivity contribution in [2.24, 2.45) is 34.5 Å². The first-order chi connectivity index (χ1) is 11.9. The molecule has 4 aliphatic rings. The predicted octanol–water partition coefficient (Wildman–Crippen LogP) is 4.75. The Labute approximate surface area is 151 Å². The lowest BCUT2D eigenvalue weighted by Gasteiger charge is -2.61. The van der Waals surface area contributed by atoms with Gasteiger partial charge in [-0.05, 0) is 67.6 Å². The number of fused-ring (bicyclic) bond motifs is 5. The zero-order chi connectivity index (χ0) is 17.8. The number of ether oxygens (including phenoxy) is 2. The van der Waals surface area contributed by atoms with Crippen molar-refractivity contribution < 1.29 is 19.1 Å². The van der Waals surface area contributed by atoms with Crippen LogP contribution in [0.25, 0.3) is 0 Å². The fourth-order valence-corrected chi connectivity index (χ4v) is 7.40. The molecule has 0 N–H and O–H groups in total. The van der Waals surface area contributed by atoms with E-state index in [0.717, 1.165) is 18.3 Å². The Balaban J connectivity index is 1.66. The van der Waals surface area contributed by atoms with E-state index in [2.05, 4.69) is 13.8 Å². The molecule has 0 radical (unpaired) electrons. The maximum absolute atomic E-state index is 12.3. The molecule has 7 atom stereocenters. The number of ketones is 1. The zero-order valence-electron chi connectivity index (χ0n) is 15.9. The molecule has 25 heavy (non-hydrogen) atoms. The van der Waals surface area contributed by atoms with Gasteiger partial charge >= 0.3 is 6.16 Å². The summed E-state index contributed by atoms with van der Waals surface area (Å²) in [5.74, 6) is 2.73. The van der Waals surface area contributed by atoms with Crippen LogP contribution in [-0.2, 0) is 14.3 Å². The molecule has 0 amide bonds. The number of hydrogen-bond acceptors (Lipinski definition) is 4. The van der Waals surface area contributed by atoms with Crippen molar-refractivity contribution in [2.75, 3.05) is 7.11 Å². The summed E-state index contributed by atoms with van der Waals surface area (Å²) in [4.78, 5) is 24.1. The topological polar surface area (TPSA) is 52.6 Å². The molecule has 0 aromatic carbocycles. The van der Waals surface area contributed by atoms with Gasteiger partial charge in [0, 0.05) is 18.3 Å². The highest BCUT2D eigenvalue weighted by Crippen LogP contribution is 2.66. The standard InChI is InChI=1S/C21H32O4/c1-20-9-4-5-16(20)15-7-6-13-11-14(22)12-18(25-19(23)24-3)21(13,2)17(15)8-10-20/h13,15-18H,4-12H2,1-3H3/t13-,15-,16-,17-,18?,20-,21-/m0/s1. The summed E-state index contributed by atoms with van der Waals surface area (Å²) in [6, 6.07) is 0. The lowest BCUT2D eigenvalue weighted by atomic mass is 9.44. The average molecular weight is 348 g/mol. The number of carbonyl (C=O) groups excluding carboxylic acids is 2. The maximum Gasteiger partial charge on any atom is 0.508 e. The molecule has 4 heteroatoms. The first-order valence-corrected chi connectivity index (χ1v) is 10.1. The Morgan fingerprint density at radius 3 is 2.60 bits per heavy atom. The second-order valence-corrected chi connectivity index (χ2v) is 9.61. The highest BCUT2D eigenvalue weighted by atomic mass is 16.7. The third-order valence-corrected chi connectivity index (χ3v) is 8.73.